The molecule has 2 aromatic rings. The summed E-state index contributed by atoms with van der Waals surface area (Å²) < 4.78 is 0. The second-order valence-corrected chi connectivity index (χ2v) is 7.41. The van der Waals surface area contributed by atoms with Gasteiger partial charge in [-0.25, -0.2) is 4.98 Å². The molecule has 1 aromatic heterocycles. The number of aromatic nitrogens is 2. The summed E-state index contributed by atoms with van der Waals surface area (Å²) in [5.74, 6) is 0.966. The van der Waals surface area contributed by atoms with Crippen molar-refractivity contribution in [3.63, 3.8) is 0 Å². The van der Waals surface area contributed by atoms with Crippen molar-refractivity contribution in [1.82, 2.24) is 14.9 Å². The highest BCUT2D eigenvalue weighted by molar-refractivity contribution is 5.78. The van der Waals surface area contributed by atoms with Crippen molar-refractivity contribution in [3.8, 4) is 0 Å². The van der Waals surface area contributed by atoms with Gasteiger partial charge in [0, 0.05) is 26.2 Å². The lowest BCUT2D eigenvalue weighted by Crippen LogP contribution is -2.51. The first-order chi connectivity index (χ1) is 12.1. The number of rotatable bonds is 3. The van der Waals surface area contributed by atoms with E-state index in [-0.39, 0.29) is 12.3 Å². The van der Waals surface area contributed by atoms with Gasteiger partial charge in [-0.1, -0.05) is 31.4 Å². The number of nitrogens with one attached hydrogen (secondary N) is 1. The highest BCUT2D eigenvalue weighted by Gasteiger charge is 2.34. The van der Waals surface area contributed by atoms with Gasteiger partial charge >= 0.3 is 0 Å². The average molecular weight is 342 g/mol. The molecule has 1 aromatic carbocycles. The van der Waals surface area contributed by atoms with Crippen LogP contribution >= 0.6 is 0 Å². The van der Waals surface area contributed by atoms with Gasteiger partial charge in [0.25, 0.3) is 0 Å². The number of carbonyl (C=O) groups excluding carboxylic acids is 1. The van der Waals surface area contributed by atoms with Crippen molar-refractivity contribution in [2.45, 2.75) is 44.1 Å². The molecular formula is C19H26N4O2. The summed E-state index contributed by atoms with van der Waals surface area (Å²) in [6, 6.07) is 8.01. The summed E-state index contributed by atoms with van der Waals surface area (Å²) in [6.07, 6.45) is 5.03. The fraction of sp³-hybridized carbons (Fsp3) is 0.579. The molecule has 1 saturated heterocycles. The molecule has 0 spiro atoms. The standard InChI is InChI=1S/C19H26N4O2/c24-17(14-19(25)8-4-1-5-9-19)22-10-12-23(13-11-22)18-20-15-6-2-3-7-16(15)21-18/h2-3,6-7,25H,1,4-5,8-14H2,(H,20,21). The van der Waals surface area contributed by atoms with Gasteiger partial charge in [0.05, 0.1) is 23.1 Å². The van der Waals surface area contributed by atoms with Crippen LogP contribution in [0.5, 0.6) is 0 Å². The van der Waals surface area contributed by atoms with E-state index in [1.807, 2.05) is 29.2 Å². The van der Waals surface area contributed by atoms with Gasteiger partial charge in [-0.3, -0.25) is 4.79 Å². The maximum absolute atomic E-state index is 12.6. The Bertz CT molecular complexity index is 710. The number of nitrogens with zero attached hydrogens (tertiary/aromatic N) is 3. The third-order valence-corrected chi connectivity index (χ3v) is 5.57. The van der Waals surface area contributed by atoms with Crippen LogP contribution in [-0.2, 0) is 4.79 Å². The van der Waals surface area contributed by atoms with Crippen molar-refractivity contribution in [1.29, 1.82) is 0 Å². The Kier molecular flexibility index (Phi) is 4.37. The number of H-pyrrole nitrogens is 1. The Hall–Kier alpha value is -2.08. The highest BCUT2D eigenvalue weighted by Crippen LogP contribution is 2.31. The summed E-state index contributed by atoms with van der Waals surface area (Å²) in [7, 11) is 0. The molecule has 1 aliphatic heterocycles. The van der Waals surface area contributed by atoms with Crippen molar-refractivity contribution in [2.75, 3.05) is 31.1 Å². The smallest absolute Gasteiger partial charge is 0.225 e. The summed E-state index contributed by atoms with van der Waals surface area (Å²) in [5, 5.41) is 10.6. The number of piperazine rings is 1. The quantitative estimate of drug-likeness (QED) is 0.898. The molecular weight excluding hydrogens is 316 g/mol. The van der Waals surface area contributed by atoms with Gasteiger partial charge < -0.3 is 19.9 Å². The van der Waals surface area contributed by atoms with Gasteiger partial charge in [0.2, 0.25) is 11.9 Å². The topological polar surface area (TPSA) is 72.5 Å². The maximum Gasteiger partial charge on any atom is 0.225 e. The molecule has 1 aliphatic carbocycles. The molecule has 2 N–H and O–H groups in total. The van der Waals surface area contributed by atoms with Crippen LogP contribution in [0.25, 0.3) is 11.0 Å². The van der Waals surface area contributed by atoms with E-state index in [1.165, 1.54) is 6.42 Å². The van der Waals surface area contributed by atoms with Gasteiger partial charge in [-0.2, -0.15) is 0 Å². The number of amides is 1. The minimum absolute atomic E-state index is 0.0913. The molecule has 1 amide bonds. The summed E-state index contributed by atoms with van der Waals surface area (Å²) in [6.45, 7) is 2.91. The second-order valence-electron chi connectivity index (χ2n) is 7.41. The number of benzene rings is 1. The minimum atomic E-state index is -0.773. The largest absolute Gasteiger partial charge is 0.389 e. The fourth-order valence-corrected chi connectivity index (χ4v) is 4.04. The number of carbonyl (C=O) groups is 1. The lowest BCUT2D eigenvalue weighted by atomic mass is 9.82. The minimum Gasteiger partial charge on any atom is -0.389 e. The summed E-state index contributed by atoms with van der Waals surface area (Å²) in [4.78, 5) is 24.7. The van der Waals surface area contributed by atoms with Gasteiger partial charge in [-0.15, -0.1) is 0 Å². The Labute approximate surface area is 147 Å². The van der Waals surface area contributed by atoms with E-state index in [0.717, 1.165) is 55.8 Å². The van der Waals surface area contributed by atoms with Crippen molar-refractivity contribution < 1.29 is 9.90 Å². The zero-order valence-corrected chi connectivity index (χ0v) is 14.6. The van der Waals surface area contributed by atoms with E-state index in [1.54, 1.807) is 0 Å². The number of fused-ring (bicyclic) bond motifs is 1. The van der Waals surface area contributed by atoms with Gasteiger partial charge in [-0.05, 0) is 25.0 Å². The number of aromatic amines is 1. The van der Waals surface area contributed by atoms with Crippen molar-refractivity contribution in [3.05, 3.63) is 24.3 Å². The molecule has 2 aliphatic rings. The first kappa shape index (κ1) is 16.4. The molecule has 2 heterocycles. The van der Waals surface area contributed by atoms with E-state index >= 15 is 0 Å². The van der Waals surface area contributed by atoms with Crippen LogP contribution in [0.4, 0.5) is 5.95 Å². The van der Waals surface area contributed by atoms with Crippen LogP contribution in [0.2, 0.25) is 0 Å². The SMILES string of the molecule is O=C(CC1(O)CCCCC1)N1CCN(c2nc3ccccc3[nH]2)CC1. The van der Waals surface area contributed by atoms with E-state index in [2.05, 4.69) is 14.9 Å². The monoisotopic (exact) mass is 342 g/mol. The average Bonchev–Trinajstić information content (AvgIpc) is 3.06. The molecule has 25 heavy (non-hydrogen) atoms. The number of imidazole rings is 1. The molecule has 0 radical (unpaired) electrons. The third-order valence-electron chi connectivity index (χ3n) is 5.57. The molecule has 2 fully saturated rings. The summed E-state index contributed by atoms with van der Waals surface area (Å²) in [5.41, 5.74) is 1.23. The lowest BCUT2D eigenvalue weighted by molar-refractivity contribution is -0.138. The fourth-order valence-electron chi connectivity index (χ4n) is 4.04. The predicted molar refractivity (Wildman–Crippen MR) is 97.5 cm³/mol. The van der Waals surface area contributed by atoms with Crippen LogP contribution < -0.4 is 4.90 Å². The van der Waals surface area contributed by atoms with Gasteiger partial charge in [0.1, 0.15) is 0 Å². The molecule has 0 bridgehead atoms. The Morgan fingerprint density at radius 1 is 1.12 bits per heavy atom. The zero-order chi connectivity index (χ0) is 17.3. The number of hydrogen-bond acceptors (Lipinski definition) is 4. The Balaban J connectivity index is 1.35. The highest BCUT2D eigenvalue weighted by atomic mass is 16.3. The Morgan fingerprint density at radius 3 is 2.56 bits per heavy atom. The molecule has 4 rings (SSSR count). The molecule has 6 heteroatoms. The second kappa shape index (κ2) is 6.67. The van der Waals surface area contributed by atoms with Crippen molar-refractivity contribution in [2.24, 2.45) is 0 Å². The zero-order valence-electron chi connectivity index (χ0n) is 14.6. The van der Waals surface area contributed by atoms with Gasteiger partial charge in [0.15, 0.2) is 0 Å². The van der Waals surface area contributed by atoms with Crippen LogP contribution in [0, 0.1) is 0 Å². The normalized spacial score (nSPS) is 20.8. The Morgan fingerprint density at radius 2 is 1.84 bits per heavy atom. The number of anilines is 1. The van der Waals surface area contributed by atoms with Crippen molar-refractivity contribution >= 4 is 22.9 Å². The number of para-hydroxylation sites is 2. The van der Waals surface area contributed by atoms with Crippen LogP contribution in [0.15, 0.2) is 24.3 Å². The first-order valence-corrected chi connectivity index (χ1v) is 9.33. The number of aliphatic hydroxyl groups is 1. The van der Waals surface area contributed by atoms with E-state index < -0.39 is 5.60 Å². The maximum atomic E-state index is 12.6. The molecule has 6 nitrogen and oxygen atoms in total. The van der Waals surface area contributed by atoms with E-state index in [4.69, 9.17) is 0 Å². The molecule has 0 atom stereocenters. The van der Waals surface area contributed by atoms with Crippen LogP contribution in [-0.4, -0.2) is 57.7 Å². The molecule has 134 valence electrons. The van der Waals surface area contributed by atoms with Crippen LogP contribution in [0.1, 0.15) is 38.5 Å². The lowest BCUT2D eigenvalue weighted by Gasteiger charge is -2.37. The molecule has 0 unspecified atom stereocenters. The first-order valence-electron chi connectivity index (χ1n) is 9.33. The number of hydrogen-bond donors (Lipinski definition) is 2. The predicted octanol–water partition coefficient (Wildman–Crippen LogP) is 2.30. The van der Waals surface area contributed by atoms with E-state index in [0.29, 0.717) is 13.1 Å². The van der Waals surface area contributed by atoms with Crippen LogP contribution in [0.3, 0.4) is 0 Å². The molecule has 1 saturated carbocycles. The van der Waals surface area contributed by atoms with E-state index in [9.17, 15) is 9.90 Å². The third kappa shape index (κ3) is 3.49. The summed E-state index contributed by atoms with van der Waals surface area (Å²) >= 11 is 0.